The van der Waals surface area contributed by atoms with Crippen molar-refractivity contribution in [2.45, 2.75) is 6.92 Å². The van der Waals surface area contributed by atoms with Gasteiger partial charge in [-0.25, -0.2) is 0 Å². The SMILES string of the molecule is COc1cccc(Nc2nncc(Nc3ccc(NC(C)=O)cc3)n2)c1. The van der Waals surface area contributed by atoms with E-state index in [2.05, 4.69) is 31.1 Å². The van der Waals surface area contributed by atoms with Gasteiger partial charge in [0.05, 0.1) is 13.3 Å². The van der Waals surface area contributed by atoms with E-state index in [9.17, 15) is 4.79 Å². The normalized spacial score (nSPS) is 10.1. The Morgan fingerprint density at radius 1 is 1.00 bits per heavy atom. The van der Waals surface area contributed by atoms with E-state index in [0.29, 0.717) is 11.8 Å². The Kier molecular flexibility index (Phi) is 5.23. The second-order valence-electron chi connectivity index (χ2n) is 5.41. The standard InChI is InChI=1S/C18H18N6O2/c1-12(25)20-13-6-8-14(9-7-13)21-17-11-19-24-18(23-17)22-15-4-3-5-16(10-15)26-2/h3-11H,1-2H3,(H,20,25)(H2,21,22,23,24). The summed E-state index contributed by atoms with van der Waals surface area (Å²) < 4.78 is 5.19. The van der Waals surface area contributed by atoms with Gasteiger partial charge in [0.25, 0.3) is 0 Å². The van der Waals surface area contributed by atoms with Gasteiger partial charge in [0, 0.05) is 30.1 Å². The van der Waals surface area contributed by atoms with E-state index in [1.807, 2.05) is 36.4 Å². The smallest absolute Gasteiger partial charge is 0.249 e. The van der Waals surface area contributed by atoms with Crippen molar-refractivity contribution in [2.24, 2.45) is 0 Å². The molecule has 1 heterocycles. The van der Waals surface area contributed by atoms with Crippen molar-refractivity contribution in [2.75, 3.05) is 23.1 Å². The van der Waals surface area contributed by atoms with Crippen LogP contribution >= 0.6 is 0 Å². The van der Waals surface area contributed by atoms with Crippen molar-refractivity contribution in [1.29, 1.82) is 0 Å². The maximum atomic E-state index is 11.1. The lowest BCUT2D eigenvalue weighted by Crippen LogP contribution is -2.05. The summed E-state index contributed by atoms with van der Waals surface area (Å²) in [5.74, 6) is 1.52. The van der Waals surface area contributed by atoms with Crippen molar-refractivity contribution in [3.63, 3.8) is 0 Å². The first kappa shape index (κ1) is 17.2. The number of carbonyl (C=O) groups is 1. The van der Waals surface area contributed by atoms with Crippen LogP contribution in [0.1, 0.15) is 6.92 Å². The van der Waals surface area contributed by atoms with Gasteiger partial charge in [-0.1, -0.05) is 6.07 Å². The van der Waals surface area contributed by atoms with E-state index in [1.165, 1.54) is 13.1 Å². The van der Waals surface area contributed by atoms with E-state index in [4.69, 9.17) is 4.74 Å². The summed E-state index contributed by atoms with van der Waals surface area (Å²) >= 11 is 0. The molecule has 0 fully saturated rings. The number of hydrogen-bond donors (Lipinski definition) is 3. The lowest BCUT2D eigenvalue weighted by atomic mass is 10.3. The maximum Gasteiger partial charge on any atom is 0.249 e. The van der Waals surface area contributed by atoms with Crippen molar-refractivity contribution in [3.05, 3.63) is 54.7 Å². The molecule has 0 unspecified atom stereocenters. The number of nitrogens with one attached hydrogen (secondary N) is 3. The molecule has 0 bridgehead atoms. The van der Waals surface area contributed by atoms with Crippen LogP contribution in [0, 0.1) is 0 Å². The van der Waals surface area contributed by atoms with Gasteiger partial charge in [-0.3, -0.25) is 4.79 Å². The number of rotatable bonds is 6. The Hall–Kier alpha value is -3.68. The zero-order valence-electron chi connectivity index (χ0n) is 14.4. The first-order valence-corrected chi connectivity index (χ1v) is 7.88. The van der Waals surface area contributed by atoms with Crippen LogP contribution in [-0.2, 0) is 4.79 Å². The van der Waals surface area contributed by atoms with Gasteiger partial charge in [0.15, 0.2) is 5.82 Å². The molecular weight excluding hydrogens is 332 g/mol. The number of anilines is 5. The third-order valence-corrected chi connectivity index (χ3v) is 3.36. The number of amides is 1. The highest BCUT2D eigenvalue weighted by atomic mass is 16.5. The minimum absolute atomic E-state index is 0.112. The van der Waals surface area contributed by atoms with Crippen LogP contribution in [0.25, 0.3) is 0 Å². The topological polar surface area (TPSA) is 101 Å². The molecule has 8 heteroatoms. The van der Waals surface area contributed by atoms with E-state index in [1.54, 1.807) is 19.2 Å². The molecule has 3 rings (SSSR count). The molecule has 0 atom stereocenters. The molecule has 0 aliphatic carbocycles. The molecule has 8 nitrogen and oxygen atoms in total. The minimum Gasteiger partial charge on any atom is -0.497 e. The second kappa shape index (κ2) is 7.93. The molecule has 2 aromatic carbocycles. The molecule has 3 N–H and O–H groups in total. The highest BCUT2D eigenvalue weighted by molar-refractivity contribution is 5.88. The fourth-order valence-electron chi connectivity index (χ4n) is 2.23. The molecule has 3 aromatic rings. The van der Waals surface area contributed by atoms with Gasteiger partial charge in [-0.2, -0.15) is 10.1 Å². The van der Waals surface area contributed by atoms with Gasteiger partial charge >= 0.3 is 0 Å². The van der Waals surface area contributed by atoms with Crippen molar-refractivity contribution < 1.29 is 9.53 Å². The summed E-state index contributed by atoms with van der Waals surface area (Å²) in [7, 11) is 1.61. The predicted octanol–water partition coefficient (Wildman–Crippen LogP) is 3.33. The van der Waals surface area contributed by atoms with Crippen LogP contribution in [0.5, 0.6) is 5.75 Å². The molecule has 0 saturated heterocycles. The van der Waals surface area contributed by atoms with E-state index in [0.717, 1.165) is 22.8 Å². The van der Waals surface area contributed by atoms with E-state index < -0.39 is 0 Å². The van der Waals surface area contributed by atoms with Gasteiger partial charge in [-0.05, 0) is 36.4 Å². The first-order chi connectivity index (χ1) is 12.6. The van der Waals surface area contributed by atoms with E-state index >= 15 is 0 Å². The molecule has 0 saturated carbocycles. The lowest BCUT2D eigenvalue weighted by Gasteiger charge is -2.09. The number of benzene rings is 2. The highest BCUT2D eigenvalue weighted by Gasteiger charge is 2.04. The third kappa shape index (κ3) is 4.67. The summed E-state index contributed by atoms with van der Waals surface area (Å²) in [6.45, 7) is 1.47. The van der Waals surface area contributed by atoms with Crippen LogP contribution in [0.2, 0.25) is 0 Å². The Morgan fingerprint density at radius 3 is 2.50 bits per heavy atom. The van der Waals surface area contributed by atoms with Crippen molar-refractivity contribution in [1.82, 2.24) is 15.2 Å². The van der Waals surface area contributed by atoms with Crippen molar-refractivity contribution in [3.8, 4) is 5.75 Å². The number of hydrogen-bond acceptors (Lipinski definition) is 7. The molecular formula is C18H18N6O2. The molecule has 1 aromatic heterocycles. The van der Waals surface area contributed by atoms with E-state index in [-0.39, 0.29) is 5.91 Å². The van der Waals surface area contributed by atoms with Gasteiger partial charge < -0.3 is 20.7 Å². The van der Waals surface area contributed by atoms with Gasteiger partial charge in [-0.15, -0.1) is 5.10 Å². The van der Waals surface area contributed by atoms with Crippen LogP contribution in [0.15, 0.2) is 54.7 Å². The summed E-state index contributed by atoms with van der Waals surface area (Å²) in [4.78, 5) is 15.4. The van der Waals surface area contributed by atoms with Crippen LogP contribution in [0.3, 0.4) is 0 Å². The summed E-state index contributed by atoms with van der Waals surface area (Å²) in [5, 5.41) is 16.9. The number of carbonyl (C=O) groups excluding carboxylic acids is 1. The Bertz CT molecular complexity index is 898. The molecule has 1 amide bonds. The average Bonchev–Trinajstić information content (AvgIpc) is 2.63. The molecule has 132 valence electrons. The summed E-state index contributed by atoms with van der Waals surface area (Å²) in [6, 6.07) is 14.7. The van der Waals surface area contributed by atoms with Crippen LogP contribution in [0.4, 0.5) is 28.8 Å². The fourth-order valence-corrected chi connectivity index (χ4v) is 2.23. The van der Waals surface area contributed by atoms with Gasteiger partial charge in [0.1, 0.15) is 5.75 Å². The van der Waals surface area contributed by atoms with Crippen LogP contribution in [-0.4, -0.2) is 28.2 Å². The minimum atomic E-state index is -0.112. The third-order valence-electron chi connectivity index (χ3n) is 3.36. The molecule has 26 heavy (non-hydrogen) atoms. The Balaban J connectivity index is 1.69. The summed E-state index contributed by atoms with van der Waals surface area (Å²) in [6.07, 6.45) is 1.53. The molecule has 0 aliphatic rings. The first-order valence-electron chi connectivity index (χ1n) is 7.88. The number of ether oxygens (including phenoxy) is 1. The summed E-state index contributed by atoms with van der Waals surface area (Å²) in [5.41, 5.74) is 2.33. The number of aromatic nitrogens is 3. The molecule has 0 radical (unpaired) electrons. The Morgan fingerprint density at radius 2 is 1.77 bits per heavy atom. The van der Waals surface area contributed by atoms with Crippen molar-refractivity contribution >= 4 is 34.7 Å². The monoisotopic (exact) mass is 350 g/mol. The average molecular weight is 350 g/mol. The van der Waals surface area contributed by atoms with Gasteiger partial charge in [0.2, 0.25) is 11.9 Å². The lowest BCUT2D eigenvalue weighted by molar-refractivity contribution is -0.114. The molecule has 0 spiro atoms. The molecule has 0 aliphatic heterocycles. The maximum absolute atomic E-state index is 11.1. The number of nitrogens with zero attached hydrogens (tertiary/aromatic N) is 3. The Labute approximate surface area is 150 Å². The predicted molar refractivity (Wildman–Crippen MR) is 100 cm³/mol. The van der Waals surface area contributed by atoms with Crippen LogP contribution < -0.4 is 20.7 Å². The zero-order valence-corrected chi connectivity index (χ0v) is 14.4. The quantitative estimate of drug-likeness (QED) is 0.627. The zero-order chi connectivity index (χ0) is 18.4. The second-order valence-corrected chi connectivity index (χ2v) is 5.41. The largest absolute Gasteiger partial charge is 0.497 e. The highest BCUT2D eigenvalue weighted by Crippen LogP contribution is 2.21. The fraction of sp³-hybridized carbons (Fsp3) is 0.111. The number of methoxy groups -OCH3 is 1.